The van der Waals surface area contributed by atoms with Crippen LogP contribution in [0.4, 0.5) is 0 Å². The van der Waals surface area contributed by atoms with E-state index in [0.29, 0.717) is 21.4 Å². The summed E-state index contributed by atoms with van der Waals surface area (Å²) in [6, 6.07) is 19.1. The number of esters is 1. The average Bonchev–Trinajstić information content (AvgIpc) is 2.79. The van der Waals surface area contributed by atoms with Gasteiger partial charge in [-0.1, -0.05) is 69.5 Å². The molecule has 6 nitrogen and oxygen atoms in total. The zero-order valence-corrected chi connectivity index (χ0v) is 20.1. The minimum atomic E-state index is -0.548. The van der Waals surface area contributed by atoms with Gasteiger partial charge in [0.1, 0.15) is 11.5 Å². The molecule has 3 rings (SSSR count). The third-order valence-corrected chi connectivity index (χ3v) is 5.06. The zero-order chi connectivity index (χ0) is 23.6. The summed E-state index contributed by atoms with van der Waals surface area (Å²) in [4.78, 5) is 24.2. The van der Waals surface area contributed by atoms with Gasteiger partial charge in [-0.25, -0.2) is 10.2 Å². The Morgan fingerprint density at radius 3 is 2.52 bits per heavy atom. The molecule has 0 aliphatic heterocycles. The molecule has 3 aromatic carbocycles. The largest absolute Gasteiger partial charge is 0.482 e. The zero-order valence-electron chi connectivity index (χ0n) is 17.0. The van der Waals surface area contributed by atoms with E-state index in [1.165, 1.54) is 18.4 Å². The van der Waals surface area contributed by atoms with E-state index < -0.39 is 11.9 Å². The number of rotatable bonds is 8. The van der Waals surface area contributed by atoms with E-state index in [1.807, 2.05) is 30.3 Å². The Balaban J connectivity index is 1.58. The van der Waals surface area contributed by atoms with Gasteiger partial charge >= 0.3 is 5.97 Å². The van der Waals surface area contributed by atoms with Crippen LogP contribution in [0.2, 0.25) is 10.0 Å². The summed E-state index contributed by atoms with van der Waals surface area (Å²) >= 11 is 15.2. The molecule has 0 spiro atoms. The molecule has 0 saturated carbocycles. The maximum Gasteiger partial charge on any atom is 0.336 e. The van der Waals surface area contributed by atoms with E-state index in [-0.39, 0.29) is 12.4 Å². The molecular weight excluding hydrogens is 531 g/mol. The summed E-state index contributed by atoms with van der Waals surface area (Å²) in [5.74, 6) is -0.447. The summed E-state index contributed by atoms with van der Waals surface area (Å²) in [6.45, 7) is -0.302. The van der Waals surface area contributed by atoms with Crippen molar-refractivity contribution in [3.05, 3.63) is 98.5 Å². The highest BCUT2D eigenvalue weighted by molar-refractivity contribution is 9.10. The summed E-state index contributed by atoms with van der Waals surface area (Å²) in [7, 11) is 0. The SMILES string of the molecule is O=C(COc1ccc(Cl)cc1Cl)N/N=C\c1cc(Br)ccc1OC(=O)/C=C/c1ccccc1. The number of amides is 1. The number of hydrazone groups is 1. The Hall–Kier alpha value is -3.13. The molecule has 0 saturated heterocycles. The molecule has 0 aliphatic rings. The number of hydrogen-bond acceptors (Lipinski definition) is 5. The smallest absolute Gasteiger partial charge is 0.336 e. The van der Waals surface area contributed by atoms with Crippen LogP contribution in [0.5, 0.6) is 11.5 Å². The van der Waals surface area contributed by atoms with Gasteiger partial charge in [-0.15, -0.1) is 0 Å². The van der Waals surface area contributed by atoms with Crippen molar-refractivity contribution in [2.45, 2.75) is 0 Å². The number of nitrogens with one attached hydrogen (secondary N) is 1. The second-order valence-electron chi connectivity index (χ2n) is 6.50. The fourth-order valence-corrected chi connectivity index (χ4v) is 3.37. The van der Waals surface area contributed by atoms with Gasteiger partial charge < -0.3 is 9.47 Å². The first-order valence-corrected chi connectivity index (χ1v) is 11.1. The highest BCUT2D eigenvalue weighted by Crippen LogP contribution is 2.27. The first-order chi connectivity index (χ1) is 15.9. The van der Waals surface area contributed by atoms with E-state index in [2.05, 4.69) is 26.5 Å². The van der Waals surface area contributed by atoms with E-state index in [4.69, 9.17) is 32.7 Å². The van der Waals surface area contributed by atoms with Gasteiger partial charge in [0.05, 0.1) is 11.2 Å². The second-order valence-corrected chi connectivity index (χ2v) is 8.26. The third-order valence-electron chi connectivity index (χ3n) is 4.04. The van der Waals surface area contributed by atoms with Crippen molar-refractivity contribution in [3.63, 3.8) is 0 Å². The number of carbonyl (C=O) groups is 2. The van der Waals surface area contributed by atoms with Gasteiger partial charge in [0.2, 0.25) is 0 Å². The lowest BCUT2D eigenvalue weighted by Gasteiger charge is -2.08. The molecule has 9 heteroatoms. The van der Waals surface area contributed by atoms with Gasteiger partial charge in [0.15, 0.2) is 6.61 Å². The van der Waals surface area contributed by atoms with Crippen LogP contribution < -0.4 is 14.9 Å². The number of halogens is 3. The standard InChI is InChI=1S/C24H17BrCl2N2O4/c25-18-7-9-21(33-24(31)11-6-16-4-2-1-3-5-16)17(12-18)14-28-29-23(30)15-32-22-10-8-19(26)13-20(22)27/h1-14H,15H2,(H,29,30)/b11-6+,28-14-. The third kappa shape index (κ3) is 8.05. The fourth-order valence-electron chi connectivity index (χ4n) is 2.53. The molecule has 1 amide bonds. The summed E-state index contributed by atoms with van der Waals surface area (Å²) in [5, 5.41) is 4.66. The van der Waals surface area contributed by atoms with Crippen molar-refractivity contribution >= 4 is 63.3 Å². The number of benzene rings is 3. The Morgan fingerprint density at radius 2 is 1.76 bits per heavy atom. The van der Waals surface area contributed by atoms with Crippen LogP contribution >= 0.6 is 39.1 Å². The second kappa shape index (κ2) is 12.2. The number of nitrogens with zero attached hydrogens (tertiary/aromatic N) is 1. The molecular formula is C24H17BrCl2N2O4. The monoisotopic (exact) mass is 546 g/mol. The van der Waals surface area contributed by atoms with Crippen molar-refractivity contribution in [2.75, 3.05) is 6.61 Å². The molecule has 168 valence electrons. The van der Waals surface area contributed by atoms with Gasteiger partial charge in [-0.2, -0.15) is 5.10 Å². The van der Waals surface area contributed by atoms with Crippen LogP contribution in [0, 0.1) is 0 Å². The highest BCUT2D eigenvalue weighted by Gasteiger charge is 2.08. The van der Waals surface area contributed by atoms with Gasteiger partial charge in [0, 0.05) is 21.1 Å². The Labute approximate surface area is 208 Å². The van der Waals surface area contributed by atoms with E-state index in [0.717, 1.165) is 10.0 Å². The molecule has 0 aromatic heterocycles. The van der Waals surface area contributed by atoms with E-state index >= 15 is 0 Å². The molecule has 0 radical (unpaired) electrons. The molecule has 0 bridgehead atoms. The molecule has 0 aliphatic carbocycles. The van der Waals surface area contributed by atoms with Crippen LogP contribution in [-0.2, 0) is 9.59 Å². The lowest BCUT2D eigenvalue weighted by Crippen LogP contribution is -2.24. The molecule has 33 heavy (non-hydrogen) atoms. The van der Waals surface area contributed by atoms with Gasteiger partial charge in [0.25, 0.3) is 5.91 Å². The predicted octanol–water partition coefficient (Wildman–Crippen LogP) is 5.90. The number of hydrogen-bond donors (Lipinski definition) is 1. The minimum Gasteiger partial charge on any atom is -0.482 e. The average molecular weight is 548 g/mol. The molecule has 3 aromatic rings. The first-order valence-electron chi connectivity index (χ1n) is 9.55. The highest BCUT2D eigenvalue weighted by atomic mass is 79.9. The lowest BCUT2D eigenvalue weighted by molar-refractivity contribution is -0.129. The van der Waals surface area contributed by atoms with E-state index in [9.17, 15) is 9.59 Å². The predicted molar refractivity (Wildman–Crippen MR) is 133 cm³/mol. The van der Waals surface area contributed by atoms with E-state index in [1.54, 1.807) is 36.4 Å². The van der Waals surface area contributed by atoms with Crippen molar-refractivity contribution in [3.8, 4) is 11.5 Å². The maximum absolute atomic E-state index is 12.2. The normalized spacial score (nSPS) is 11.0. The summed E-state index contributed by atoms with van der Waals surface area (Å²) < 4.78 is 11.5. The Kier molecular flexibility index (Phi) is 9.06. The van der Waals surface area contributed by atoms with Crippen LogP contribution in [-0.4, -0.2) is 24.7 Å². The van der Waals surface area contributed by atoms with Gasteiger partial charge in [-0.05, 0) is 48.0 Å². The number of carbonyl (C=O) groups excluding carboxylic acids is 2. The maximum atomic E-state index is 12.2. The first kappa shape index (κ1) is 24.5. The molecule has 0 atom stereocenters. The fraction of sp³-hybridized carbons (Fsp3) is 0.0417. The summed E-state index contributed by atoms with van der Waals surface area (Å²) in [6.07, 6.45) is 4.35. The van der Waals surface area contributed by atoms with Crippen molar-refractivity contribution in [1.29, 1.82) is 0 Å². The van der Waals surface area contributed by atoms with Crippen LogP contribution in [0.25, 0.3) is 6.08 Å². The number of ether oxygens (including phenoxy) is 2. The van der Waals surface area contributed by atoms with Crippen LogP contribution in [0.1, 0.15) is 11.1 Å². The minimum absolute atomic E-state index is 0.281. The van der Waals surface area contributed by atoms with Gasteiger partial charge in [-0.3, -0.25) is 4.79 Å². The van der Waals surface area contributed by atoms with Crippen molar-refractivity contribution < 1.29 is 19.1 Å². The van der Waals surface area contributed by atoms with Crippen LogP contribution in [0.15, 0.2) is 82.4 Å². The quantitative estimate of drug-likeness (QED) is 0.125. The Bertz CT molecular complexity index is 1200. The molecule has 0 heterocycles. The van der Waals surface area contributed by atoms with Crippen molar-refractivity contribution in [2.24, 2.45) is 5.10 Å². The Morgan fingerprint density at radius 1 is 1.00 bits per heavy atom. The lowest BCUT2D eigenvalue weighted by atomic mass is 10.2. The molecule has 0 fully saturated rings. The topological polar surface area (TPSA) is 77.0 Å². The van der Waals surface area contributed by atoms with Crippen molar-refractivity contribution in [1.82, 2.24) is 5.43 Å². The molecule has 0 unspecified atom stereocenters. The van der Waals surface area contributed by atoms with Crippen LogP contribution in [0.3, 0.4) is 0 Å². The molecule has 1 N–H and O–H groups in total. The summed E-state index contributed by atoms with van der Waals surface area (Å²) in [5.41, 5.74) is 3.70.